The Balaban J connectivity index is 1.69. The summed E-state index contributed by atoms with van der Waals surface area (Å²) >= 11 is 0. The maximum Gasteiger partial charge on any atom is 0.0572 e. The van der Waals surface area contributed by atoms with Gasteiger partial charge in [0.05, 0.1) is 6.10 Å². The van der Waals surface area contributed by atoms with E-state index in [1.807, 2.05) is 7.11 Å². The first-order valence-corrected chi connectivity index (χ1v) is 6.75. The van der Waals surface area contributed by atoms with Crippen LogP contribution in [-0.2, 0) is 4.74 Å². The van der Waals surface area contributed by atoms with Gasteiger partial charge in [-0.15, -0.1) is 0 Å². The summed E-state index contributed by atoms with van der Waals surface area (Å²) < 4.78 is 5.41. The molecule has 0 radical (unpaired) electrons. The molecule has 0 amide bonds. The van der Waals surface area contributed by atoms with Gasteiger partial charge in [0.2, 0.25) is 0 Å². The van der Waals surface area contributed by atoms with Gasteiger partial charge in [0.1, 0.15) is 0 Å². The van der Waals surface area contributed by atoms with E-state index in [0.29, 0.717) is 6.10 Å². The number of methoxy groups -OCH3 is 1. The highest BCUT2D eigenvalue weighted by Crippen LogP contribution is 2.22. The summed E-state index contributed by atoms with van der Waals surface area (Å²) in [6.45, 7) is 2.50. The van der Waals surface area contributed by atoms with Gasteiger partial charge in [-0.2, -0.15) is 0 Å². The van der Waals surface area contributed by atoms with Crippen LogP contribution in [0.2, 0.25) is 0 Å². The highest BCUT2D eigenvalue weighted by Gasteiger charge is 2.24. The molecule has 3 nitrogen and oxygen atoms in total. The molecular formula is C13H26N2O. The Hall–Kier alpha value is -0.120. The van der Waals surface area contributed by atoms with Crippen LogP contribution in [0.15, 0.2) is 0 Å². The van der Waals surface area contributed by atoms with Gasteiger partial charge in [0.15, 0.2) is 0 Å². The summed E-state index contributed by atoms with van der Waals surface area (Å²) in [6, 6.07) is 1.46. The molecule has 16 heavy (non-hydrogen) atoms. The van der Waals surface area contributed by atoms with Crippen LogP contribution >= 0.6 is 0 Å². The molecule has 1 unspecified atom stereocenters. The third-order valence-corrected chi connectivity index (χ3v) is 4.10. The number of ether oxygens (including phenoxy) is 1. The SMILES string of the molecule is COC1CCC(NC2CCCN(C)C2)CC1. The fraction of sp³-hybridized carbons (Fsp3) is 1.00. The quantitative estimate of drug-likeness (QED) is 0.791. The van der Waals surface area contributed by atoms with E-state index in [9.17, 15) is 0 Å². The van der Waals surface area contributed by atoms with E-state index in [1.165, 1.54) is 51.6 Å². The maximum absolute atomic E-state index is 5.41. The zero-order valence-corrected chi connectivity index (χ0v) is 10.7. The molecule has 0 aromatic rings. The van der Waals surface area contributed by atoms with E-state index in [4.69, 9.17) is 4.74 Å². The van der Waals surface area contributed by atoms with Crippen LogP contribution in [0.25, 0.3) is 0 Å². The molecule has 0 aromatic heterocycles. The lowest BCUT2D eigenvalue weighted by atomic mass is 9.91. The molecule has 1 saturated carbocycles. The van der Waals surface area contributed by atoms with E-state index in [2.05, 4.69) is 17.3 Å². The molecule has 0 aromatic carbocycles. The predicted molar refractivity (Wildman–Crippen MR) is 66.7 cm³/mol. The second-order valence-electron chi connectivity index (χ2n) is 5.48. The fourth-order valence-electron chi connectivity index (χ4n) is 3.10. The van der Waals surface area contributed by atoms with Crippen molar-refractivity contribution in [2.24, 2.45) is 0 Å². The fourth-order valence-corrected chi connectivity index (χ4v) is 3.10. The summed E-state index contributed by atoms with van der Waals surface area (Å²) in [7, 11) is 4.07. The number of hydrogen-bond acceptors (Lipinski definition) is 3. The van der Waals surface area contributed by atoms with Crippen molar-refractivity contribution >= 4 is 0 Å². The third-order valence-electron chi connectivity index (χ3n) is 4.10. The molecule has 0 spiro atoms. The smallest absolute Gasteiger partial charge is 0.0572 e. The first-order valence-electron chi connectivity index (χ1n) is 6.75. The standard InChI is InChI=1S/C13H26N2O/c1-15-9-3-4-12(10-15)14-11-5-7-13(16-2)8-6-11/h11-14H,3-10H2,1-2H3. The number of likely N-dealkylation sites (N-methyl/N-ethyl adjacent to an activating group) is 1. The van der Waals surface area contributed by atoms with E-state index >= 15 is 0 Å². The molecule has 2 fully saturated rings. The number of nitrogens with one attached hydrogen (secondary N) is 1. The lowest BCUT2D eigenvalue weighted by Gasteiger charge is -2.35. The van der Waals surface area contributed by atoms with Gasteiger partial charge in [0, 0.05) is 25.7 Å². The lowest BCUT2D eigenvalue weighted by molar-refractivity contribution is 0.0593. The van der Waals surface area contributed by atoms with Crippen molar-refractivity contribution in [1.29, 1.82) is 0 Å². The van der Waals surface area contributed by atoms with Gasteiger partial charge in [-0.1, -0.05) is 0 Å². The Bertz CT molecular complexity index is 202. The largest absolute Gasteiger partial charge is 0.381 e. The minimum Gasteiger partial charge on any atom is -0.381 e. The van der Waals surface area contributed by atoms with E-state index in [1.54, 1.807) is 0 Å². The molecule has 1 saturated heterocycles. The van der Waals surface area contributed by atoms with Gasteiger partial charge in [-0.05, 0) is 52.1 Å². The van der Waals surface area contributed by atoms with Gasteiger partial charge in [-0.3, -0.25) is 0 Å². The molecule has 1 aliphatic heterocycles. The van der Waals surface area contributed by atoms with Crippen LogP contribution < -0.4 is 5.32 Å². The van der Waals surface area contributed by atoms with Crippen molar-refractivity contribution in [3.05, 3.63) is 0 Å². The number of rotatable bonds is 3. The molecule has 94 valence electrons. The zero-order valence-electron chi connectivity index (χ0n) is 10.7. The summed E-state index contributed by atoms with van der Waals surface area (Å²) in [5, 5.41) is 3.84. The Morgan fingerprint density at radius 2 is 1.81 bits per heavy atom. The van der Waals surface area contributed by atoms with E-state index < -0.39 is 0 Å². The topological polar surface area (TPSA) is 24.5 Å². The number of nitrogens with zero attached hydrogens (tertiary/aromatic N) is 1. The zero-order chi connectivity index (χ0) is 11.4. The Labute approximate surface area is 99.5 Å². The average molecular weight is 226 g/mol. The minimum absolute atomic E-state index is 0.520. The minimum atomic E-state index is 0.520. The molecule has 0 bridgehead atoms. The maximum atomic E-state index is 5.41. The van der Waals surface area contributed by atoms with Crippen LogP contribution in [-0.4, -0.2) is 50.3 Å². The highest BCUT2D eigenvalue weighted by atomic mass is 16.5. The summed E-state index contributed by atoms with van der Waals surface area (Å²) in [4.78, 5) is 2.45. The second kappa shape index (κ2) is 5.99. The Morgan fingerprint density at radius 1 is 1.06 bits per heavy atom. The number of likely N-dealkylation sites (tertiary alicyclic amines) is 1. The van der Waals surface area contributed by atoms with Crippen LogP contribution in [0.3, 0.4) is 0 Å². The van der Waals surface area contributed by atoms with Gasteiger partial charge in [-0.25, -0.2) is 0 Å². The van der Waals surface area contributed by atoms with Crippen molar-refractivity contribution < 1.29 is 4.74 Å². The molecule has 2 rings (SSSR count). The van der Waals surface area contributed by atoms with Gasteiger partial charge < -0.3 is 15.0 Å². The summed E-state index contributed by atoms with van der Waals surface area (Å²) in [6.07, 6.45) is 8.27. The number of piperidine rings is 1. The molecule has 2 aliphatic rings. The first-order chi connectivity index (χ1) is 7.78. The van der Waals surface area contributed by atoms with Crippen molar-refractivity contribution in [1.82, 2.24) is 10.2 Å². The van der Waals surface area contributed by atoms with E-state index in [-0.39, 0.29) is 0 Å². The molecule has 1 heterocycles. The average Bonchev–Trinajstić information content (AvgIpc) is 2.30. The van der Waals surface area contributed by atoms with Crippen molar-refractivity contribution in [3.63, 3.8) is 0 Å². The summed E-state index contributed by atoms with van der Waals surface area (Å²) in [5.41, 5.74) is 0. The Kier molecular flexibility index (Phi) is 4.62. The van der Waals surface area contributed by atoms with E-state index in [0.717, 1.165) is 12.1 Å². The van der Waals surface area contributed by atoms with Crippen molar-refractivity contribution in [3.8, 4) is 0 Å². The molecule has 1 atom stereocenters. The molecule has 3 heteroatoms. The van der Waals surface area contributed by atoms with Crippen LogP contribution in [0.4, 0.5) is 0 Å². The molecule has 1 aliphatic carbocycles. The Morgan fingerprint density at radius 3 is 2.44 bits per heavy atom. The molecule has 1 N–H and O–H groups in total. The summed E-state index contributed by atoms with van der Waals surface area (Å²) in [5.74, 6) is 0. The second-order valence-corrected chi connectivity index (χ2v) is 5.48. The van der Waals surface area contributed by atoms with Gasteiger partial charge in [0.25, 0.3) is 0 Å². The van der Waals surface area contributed by atoms with Crippen molar-refractivity contribution in [2.75, 3.05) is 27.2 Å². The van der Waals surface area contributed by atoms with Crippen LogP contribution in [0.5, 0.6) is 0 Å². The number of hydrogen-bond donors (Lipinski definition) is 1. The van der Waals surface area contributed by atoms with Gasteiger partial charge >= 0.3 is 0 Å². The highest BCUT2D eigenvalue weighted by molar-refractivity contribution is 4.83. The lowest BCUT2D eigenvalue weighted by Crippen LogP contribution is -2.49. The molecular weight excluding hydrogens is 200 g/mol. The monoisotopic (exact) mass is 226 g/mol. The normalized spacial score (nSPS) is 37.5. The van der Waals surface area contributed by atoms with Crippen LogP contribution in [0.1, 0.15) is 38.5 Å². The third kappa shape index (κ3) is 3.44. The van der Waals surface area contributed by atoms with Crippen LogP contribution in [0, 0.1) is 0 Å². The first kappa shape index (κ1) is 12.3. The predicted octanol–water partition coefficient (Wildman–Crippen LogP) is 1.63. The van der Waals surface area contributed by atoms with Crippen molar-refractivity contribution in [2.45, 2.75) is 56.7 Å².